The van der Waals surface area contributed by atoms with Crippen molar-refractivity contribution in [2.75, 3.05) is 0 Å². The van der Waals surface area contributed by atoms with E-state index >= 15 is 0 Å². The van der Waals surface area contributed by atoms with Gasteiger partial charge >= 0.3 is 0 Å². The van der Waals surface area contributed by atoms with E-state index in [2.05, 4.69) is 203 Å². The van der Waals surface area contributed by atoms with Crippen LogP contribution in [0.2, 0.25) is 0 Å². The van der Waals surface area contributed by atoms with Gasteiger partial charge in [-0.3, -0.25) is 0 Å². The first-order chi connectivity index (χ1) is 27.8. The summed E-state index contributed by atoms with van der Waals surface area (Å²) in [7, 11) is 0. The molecule has 0 amide bonds. The van der Waals surface area contributed by atoms with E-state index in [0.717, 1.165) is 5.69 Å². The van der Waals surface area contributed by atoms with Crippen LogP contribution in [0.3, 0.4) is 0 Å². The zero-order chi connectivity index (χ0) is 36.5. The van der Waals surface area contributed by atoms with Gasteiger partial charge in [0.15, 0.2) is 0 Å². The molecule has 1 aliphatic carbocycles. The lowest BCUT2D eigenvalue weighted by molar-refractivity contribution is 1.18. The van der Waals surface area contributed by atoms with E-state index in [1.54, 1.807) is 0 Å². The lowest BCUT2D eigenvalue weighted by Crippen LogP contribution is -1.96. The van der Waals surface area contributed by atoms with Gasteiger partial charge in [-0.25, -0.2) is 0 Å². The molecule has 10 aromatic carbocycles. The monoisotopic (exact) mass is 708 g/mol. The van der Waals surface area contributed by atoms with Gasteiger partial charge in [0.2, 0.25) is 0 Å². The summed E-state index contributed by atoms with van der Waals surface area (Å²) in [6, 6.07) is 71.9. The largest absolute Gasteiger partial charge is 0.309 e. The minimum absolute atomic E-state index is 1.16. The highest BCUT2D eigenvalue weighted by Crippen LogP contribution is 2.54. The van der Waals surface area contributed by atoms with E-state index in [0.29, 0.717) is 0 Å². The topological polar surface area (TPSA) is 9.86 Å². The van der Waals surface area contributed by atoms with Crippen molar-refractivity contribution in [1.82, 2.24) is 9.13 Å². The van der Waals surface area contributed by atoms with Gasteiger partial charge in [-0.05, 0) is 114 Å². The predicted molar refractivity (Wildman–Crippen MR) is 238 cm³/mol. The number of rotatable bonds is 3. The van der Waals surface area contributed by atoms with Crippen molar-refractivity contribution >= 4 is 75.9 Å². The molecule has 258 valence electrons. The third kappa shape index (κ3) is 3.90. The fourth-order valence-corrected chi connectivity index (χ4v) is 10.1. The molecule has 12 aromatic rings. The quantitative estimate of drug-likeness (QED) is 0.162. The molecule has 2 nitrogen and oxygen atoms in total. The SMILES string of the molecule is c1cc2c3c(c1)ccc1c3c3c(cccc3n1-c1ccc(-c3ccc(-n4c5ccccc5c5ccccc54)cc3)cc1)-c1c-2c2ccccc2c2ccccc12. The molecule has 0 saturated carbocycles. The number of benzene rings is 10. The van der Waals surface area contributed by atoms with E-state index in [4.69, 9.17) is 0 Å². The van der Waals surface area contributed by atoms with Crippen molar-refractivity contribution in [3.05, 3.63) is 194 Å². The van der Waals surface area contributed by atoms with Crippen LogP contribution in [0.15, 0.2) is 194 Å². The number of hydrogen-bond acceptors (Lipinski definition) is 0. The third-order valence-electron chi connectivity index (χ3n) is 12.4. The van der Waals surface area contributed by atoms with Crippen LogP contribution in [0.5, 0.6) is 0 Å². The summed E-state index contributed by atoms with van der Waals surface area (Å²) in [6.45, 7) is 0. The summed E-state index contributed by atoms with van der Waals surface area (Å²) in [6.07, 6.45) is 0. The van der Waals surface area contributed by atoms with Gasteiger partial charge in [0.1, 0.15) is 0 Å². The first-order valence-electron chi connectivity index (χ1n) is 19.4. The van der Waals surface area contributed by atoms with Gasteiger partial charge in [-0.1, -0.05) is 146 Å². The van der Waals surface area contributed by atoms with E-state index in [1.165, 1.54) is 115 Å². The smallest absolute Gasteiger partial charge is 0.0547 e. The molecule has 0 bridgehead atoms. The van der Waals surface area contributed by atoms with Crippen LogP contribution in [0.4, 0.5) is 0 Å². The van der Waals surface area contributed by atoms with E-state index in [1.807, 2.05) is 0 Å². The van der Waals surface area contributed by atoms with Crippen molar-refractivity contribution in [2.45, 2.75) is 0 Å². The van der Waals surface area contributed by atoms with Crippen molar-refractivity contribution in [1.29, 1.82) is 0 Å². The molecule has 13 rings (SSSR count). The van der Waals surface area contributed by atoms with E-state index in [-0.39, 0.29) is 0 Å². The Morgan fingerprint density at radius 1 is 0.250 bits per heavy atom. The van der Waals surface area contributed by atoms with Crippen molar-refractivity contribution in [3.63, 3.8) is 0 Å². The average Bonchev–Trinajstić information content (AvgIpc) is 3.75. The Balaban J connectivity index is 0.998. The van der Waals surface area contributed by atoms with Gasteiger partial charge in [0.25, 0.3) is 0 Å². The molecule has 0 atom stereocenters. The fraction of sp³-hybridized carbons (Fsp3) is 0. The third-order valence-corrected chi connectivity index (χ3v) is 12.4. The van der Waals surface area contributed by atoms with Crippen molar-refractivity contribution < 1.29 is 0 Å². The molecule has 0 spiro atoms. The second kappa shape index (κ2) is 11.1. The molecule has 2 heterocycles. The van der Waals surface area contributed by atoms with Crippen molar-refractivity contribution in [3.8, 4) is 44.8 Å². The average molecular weight is 709 g/mol. The molecular weight excluding hydrogens is 677 g/mol. The number of para-hydroxylation sites is 2. The Morgan fingerprint density at radius 3 is 1.25 bits per heavy atom. The van der Waals surface area contributed by atoms with Crippen LogP contribution in [-0.4, -0.2) is 9.13 Å². The molecule has 1 aliphatic rings. The maximum atomic E-state index is 2.48. The first-order valence-corrected chi connectivity index (χ1v) is 19.4. The van der Waals surface area contributed by atoms with E-state index < -0.39 is 0 Å². The standard InChI is InChI=1S/C54H32N2/c1-3-16-42-38(12-1)39-13-2-4-17-43(39)52-45-19-10-22-48-53(45)54-49(32-27-35-11-9-18-44(50(35)54)51(42)52)56(48)37-30-25-34(26-31-37)33-23-28-36(29-24-33)55-46-20-7-5-14-40(46)41-15-6-8-21-47(41)55/h1-32H. The van der Waals surface area contributed by atoms with Gasteiger partial charge in [-0.15, -0.1) is 0 Å². The Morgan fingerprint density at radius 2 is 0.679 bits per heavy atom. The summed E-state index contributed by atoms with van der Waals surface area (Å²) >= 11 is 0. The second-order valence-electron chi connectivity index (χ2n) is 15.2. The van der Waals surface area contributed by atoms with E-state index in [9.17, 15) is 0 Å². The van der Waals surface area contributed by atoms with Crippen LogP contribution >= 0.6 is 0 Å². The summed E-state index contributed by atoms with van der Waals surface area (Å²) < 4.78 is 4.86. The minimum atomic E-state index is 1.16. The highest BCUT2D eigenvalue weighted by molar-refractivity contribution is 6.35. The predicted octanol–water partition coefficient (Wildman–Crippen LogP) is 14.7. The van der Waals surface area contributed by atoms with Gasteiger partial charge in [-0.2, -0.15) is 0 Å². The highest BCUT2D eigenvalue weighted by atomic mass is 15.0. The maximum Gasteiger partial charge on any atom is 0.0547 e. The Bertz CT molecular complexity index is 3560. The second-order valence-corrected chi connectivity index (χ2v) is 15.2. The van der Waals surface area contributed by atoms with Crippen LogP contribution in [0.1, 0.15) is 0 Å². The molecule has 0 aliphatic heterocycles. The Hall–Kier alpha value is -7.42. The van der Waals surface area contributed by atoms with Gasteiger partial charge in [0.05, 0.1) is 22.1 Å². The fourth-order valence-electron chi connectivity index (χ4n) is 10.1. The molecule has 0 fully saturated rings. The number of nitrogens with zero attached hydrogens (tertiary/aromatic N) is 2. The number of aromatic nitrogens is 2. The Labute approximate surface area is 322 Å². The number of hydrogen-bond donors (Lipinski definition) is 0. The maximum absolute atomic E-state index is 2.48. The molecular formula is C54H32N2. The molecule has 2 aromatic heterocycles. The zero-order valence-electron chi connectivity index (χ0n) is 30.4. The summed E-state index contributed by atoms with van der Waals surface area (Å²) in [5.41, 5.74) is 14.9. The summed E-state index contributed by atoms with van der Waals surface area (Å²) in [5, 5.41) is 13.0. The minimum Gasteiger partial charge on any atom is -0.309 e. The summed E-state index contributed by atoms with van der Waals surface area (Å²) in [4.78, 5) is 0. The molecule has 2 heteroatoms. The van der Waals surface area contributed by atoms with Crippen LogP contribution < -0.4 is 0 Å². The molecule has 0 saturated heterocycles. The molecule has 56 heavy (non-hydrogen) atoms. The first kappa shape index (κ1) is 30.0. The Kier molecular flexibility index (Phi) is 5.92. The van der Waals surface area contributed by atoms with Crippen LogP contribution in [0, 0.1) is 0 Å². The normalized spacial score (nSPS) is 12.3. The zero-order valence-corrected chi connectivity index (χ0v) is 30.4. The van der Waals surface area contributed by atoms with Crippen LogP contribution in [0.25, 0.3) is 121 Å². The van der Waals surface area contributed by atoms with Crippen molar-refractivity contribution in [2.24, 2.45) is 0 Å². The van der Waals surface area contributed by atoms with Gasteiger partial charge < -0.3 is 9.13 Å². The number of fused-ring (bicyclic) bond motifs is 11. The molecule has 0 N–H and O–H groups in total. The molecule has 0 radical (unpaired) electrons. The van der Waals surface area contributed by atoms with Gasteiger partial charge in [0, 0.05) is 32.9 Å². The summed E-state index contributed by atoms with van der Waals surface area (Å²) in [5.74, 6) is 0. The highest BCUT2D eigenvalue weighted by Gasteiger charge is 2.27. The lowest BCUT2D eigenvalue weighted by Gasteiger charge is -2.19. The van der Waals surface area contributed by atoms with Crippen LogP contribution in [-0.2, 0) is 0 Å². The lowest BCUT2D eigenvalue weighted by atomic mass is 9.84. The molecule has 0 unspecified atom stereocenters.